The van der Waals surface area contributed by atoms with E-state index in [1.165, 1.54) is 23.5 Å². The van der Waals surface area contributed by atoms with Crippen LogP contribution in [0.15, 0.2) is 59.2 Å². The first-order chi connectivity index (χ1) is 16.0. The summed E-state index contributed by atoms with van der Waals surface area (Å²) in [6.45, 7) is 0.311. The van der Waals surface area contributed by atoms with Gasteiger partial charge in [0.25, 0.3) is 5.91 Å². The molecule has 2 heterocycles. The summed E-state index contributed by atoms with van der Waals surface area (Å²) in [5.74, 6) is -1.19. The van der Waals surface area contributed by atoms with Gasteiger partial charge in [-0.1, -0.05) is 17.7 Å². The maximum Gasteiger partial charge on any atom is 0.291 e. The molecular weight excluding hydrogens is 442 g/mol. The minimum Gasteiger partial charge on any atom is -0.459 e. The van der Waals surface area contributed by atoms with Crippen molar-refractivity contribution in [2.45, 2.75) is 25.7 Å². The lowest BCUT2D eigenvalue weighted by Crippen LogP contribution is -2.28. The van der Waals surface area contributed by atoms with E-state index < -0.39 is 11.8 Å². The molecule has 1 saturated heterocycles. The van der Waals surface area contributed by atoms with Crippen molar-refractivity contribution in [3.8, 4) is 0 Å². The van der Waals surface area contributed by atoms with Crippen LogP contribution in [-0.4, -0.2) is 24.3 Å². The highest BCUT2D eigenvalue weighted by Gasteiger charge is 2.35. The maximum absolute atomic E-state index is 13.0. The monoisotopic (exact) mass is 463 g/mol. The number of carbonyl (C=O) groups is 3. The molecule has 2 N–H and O–H groups in total. The number of aryl methyl sites for hydroxylation is 2. The van der Waals surface area contributed by atoms with Crippen molar-refractivity contribution in [1.82, 2.24) is 0 Å². The second-order valence-corrected chi connectivity index (χ2v) is 8.76. The summed E-state index contributed by atoms with van der Waals surface area (Å²) in [4.78, 5) is 39.8. The van der Waals surface area contributed by atoms with Gasteiger partial charge in [-0.2, -0.15) is 0 Å². The number of carbonyl (C=O) groups excluding carboxylic acids is 3. The molecular formula is C25H22ClN3O4. The summed E-state index contributed by atoms with van der Waals surface area (Å²) in [6, 6.07) is 14.1. The van der Waals surface area contributed by atoms with E-state index in [0.717, 1.165) is 24.9 Å². The summed E-state index contributed by atoms with van der Waals surface area (Å²) in [6.07, 6.45) is 4.77. The Balaban J connectivity index is 1.30. The molecule has 1 atom stereocenters. The van der Waals surface area contributed by atoms with Gasteiger partial charge in [-0.3, -0.25) is 14.4 Å². The highest BCUT2D eigenvalue weighted by atomic mass is 35.5. The number of halogens is 1. The Morgan fingerprint density at radius 2 is 1.85 bits per heavy atom. The zero-order valence-corrected chi connectivity index (χ0v) is 18.5. The Morgan fingerprint density at radius 1 is 1.00 bits per heavy atom. The Labute approximate surface area is 195 Å². The number of fused-ring (bicyclic) bond motifs is 1. The number of hydrogen-bond acceptors (Lipinski definition) is 4. The van der Waals surface area contributed by atoms with E-state index in [-0.39, 0.29) is 24.0 Å². The fourth-order valence-corrected chi connectivity index (χ4v) is 4.59. The normalized spacial score (nSPS) is 17.2. The minimum absolute atomic E-state index is 0.0736. The topological polar surface area (TPSA) is 91.7 Å². The lowest BCUT2D eigenvalue weighted by molar-refractivity contribution is -0.122. The molecule has 0 radical (unpaired) electrons. The molecule has 33 heavy (non-hydrogen) atoms. The Bertz CT molecular complexity index is 1240. The number of nitrogens with one attached hydrogen (secondary N) is 2. The van der Waals surface area contributed by atoms with Crippen LogP contribution in [0.2, 0.25) is 5.02 Å². The molecule has 1 aliphatic carbocycles. The van der Waals surface area contributed by atoms with Crippen LogP contribution in [0.3, 0.4) is 0 Å². The third-order valence-corrected chi connectivity index (χ3v) is 6.36. The molecule has 3 aromatic rings. The fraction of sp³-hybridized carbons (Fsp3) is 0.240. The zero-order chi connectivity index (χ0) is 22.9. The van der Waals surface area contributed by atoms with Crippen molar-refractivity contribution in [3.63, 3.8) is 0 Å². The predicted octanol–water partition coefficient (Wildman–Crippen LogP) is 4.67. The van der Waals surface area contributed by atoms with Crippen LogP contribution in [0.5, 0.6) is 0 Å². The lowest BCUT2D eigenvalue weighted by Gasteiger charge is -2.18. The highest BCUT2D eigenvalue weighted by Crippen LogP contribution is 2.32. The van der Waals surface area contributed by atoms with Crippen LogP contribution in [0.25, 0.3) is 0 Å². The standard InChI is InChI=1S/C25H22ClN3O4/c26-18-7-9-20(21(13-18)28-25(32)22-5-2-10-33-22)27-24(31)17-12-23(30)29(14-17)19-8-6-15-3-1-4-16(15)11-19/h2,5-11,13,17H,1,3-4,12,14H2,(H,27,31)(H,28,32). The zero-order valence-electron chi connectivity index (χ0n) is 17.8. The smallest absolute Gasteiger partial charge is 0.291 e. The fourth-order valence-electron chi connectivity index (χ4n) is 4.41. The number of furan rings is 1. The van der Waals surface area contributed by atoms with Crippen LogP contribution in [0, 0.1) is 5.92 Å². The lowest BCUT2D eigenvalue weighted by atomic mass is 10.1. The third-order valence-electron chi connectivity index (χ3n) is 6.12. The first kappa shape index (κ1) is 21.3. The van der Waals surface area contributed by atoms with Gasteiger partial charge in [-0.15, -0.1) is 0 Å². The van der Waals surface area contributed by atoms with Gasteiger partial charge in [0.1, 0.15) is 0 Å². The van der Waals surface area contributed by atoms with Crippen molar-refractivity contribution in [2.24, 2.45) is 5.92 Å². The summed E-state index contributed by atoms with van der Waals surface area (Å²) >= 11 is 6.10. The Morgan fingerprint density at radius 3 is 2.67 bits per heavy atom. The molecule has 2 aliphatic rings. The van der Waals surface area contributed by atoms with Crippen molar-refractivity contribution in [2.75, 3.05) is 22.1 Å². The van der Waals surface area contributed by atoms with Gasteiger partial charge in [-0.05, 0) is 72.9 Å². The molecule has 1 fully saturated rings. The summed E-state index contributed by atoms with van der Waals surface area (Å²) in [7, 11) is 0. The van der Waals surface area contributed by atoms with Crippen molar-refractivity contribution >= 4 is 46.4 Å². The van der Waals surface area contributed by atoms with Crippen LogP contribution >= 0.6 is 11.6 Å². The number of anilines is 3. The van der Waals surface area contributed by atoms with E-state index >= 15 is 0 Å². The van der Waals surface area contributed by atoms with E-state index in [1.807, 2.05) is 6.07 Å². The molecule has 0 bridgehead atoms. The quantitative estimate of drug-likeness (QED) is 0.575. The van der Waals surface area contributed by atoms with E-state index in [1.54, 1.807) is 29.2 Å². The van der Waals surface area contributed by atoms with Crippen LogP contribution in [0.4, 0.5) is 17.1 Å². The van der Waals surface area contributed by atoms with E-state index in [9.17, 15) is 14.4 Å². The van der Waals surface area contributed by atoms with Crippen molar-refractivity contribution in [3.05, 3.63) is 76.7 Å². The molecule has 2 aromatic carbocycles. The number of nitrogens with zero attached hydrogens (tertiary/aromatic N) is 1. The molecule has 1 aliphatic heterocycles. The van der Waals surface area contributed by atoms with Crippen LogP contribution in [-0.2, 0) is 22.4 Å². The number of rotatable bonds is 5. The average Bonchev–Trinajstić information content (AvgIpc) is 3.55. The molecule has 7 nitrogen and oxygen atoms in total. The minimum atomic E-state index is -0.505. The summed E-state index contributed by atoms with van der Waals surface area (Å²) in [5, 5.41) is 5.95. The third kappa shape index (κ3) is 4.36. The molecule has 0 spiro atoms. The van der Waals surface area contributed by atoms with Crippen molar-refractivity contribution in [1.29, 1.82) is 0 Å². The van der Waals surface area contributed by atoms with Gasteiger partial charge < -0.3 is 20.0 Å². The first-order valence-electron chi connectivity index (χ1n) is 10.9. The Hall–Kier alpha value is -3.58. The Kier molecular flexibility index (Phi) is 5.64. The molecule has 1 unspecified atom stereocenters. The molecule has 1 aromatic heterocycles. The number of benzene rings is 2. The van der Waals surface area contributed by atoms with E-state index in [4.69, 9.17) is 16.0 Å². The van der Waals surface area contributed by atoms with Gasteiger partial charge >= 0.3 is 0 Å². The maximum atomic E-state index is 13.0. The highest BCUT2D eigenvalue weighted by molar-refractivity contribution is 6.31. The van der Waals surface area contributed by atoms with E-state index in [0.29, 0.717) is 22.9 Å². The summed E-state index contributed by atoms with van der Waals surface area (Å²) < 4.78 is 5.12. The average molecular weight is 464 g/mol. The second kappa shape index (κ2) is 8.75. The van der Waals surface area contributed by atoms with Crippen LogP contribution in [0.1, 0.15) is 34.5 Å². The number of hydrogen-bond donors (Lipinski definition) is 2. The largest absolute Gasteiger partial charge is 0.459 e. The van der Waals surface area contributed by atoms with Crippen molar-refractivity contribution < 1.29 is 18.8 Å². The molecule has 3 amide bonds. The SMILES string of the molecule is O=C(Nc1cc(Cl)ccc1NC(=O)C1CC(=O)N(c2ccc3c(c2)CCC3)C1)c1ccco1. The predicted molar refractivity (Wildman–Crippen MR) is 126 cm³/mol. The molecule has 8 heteroatoms. The number of amides is 3. The van der Waals surface area contributed by atoms with Gasteiger partial charge in [0.2, 0.25) is 11.8 Å². The second-order valence-electron chi connectivity index (χ2n) is 8.32. The molecule has 5 rings (SSSR count). The molecule has 0 saturated carbocycles. The van der Waals surface area contributed by atoms with Gasteiger partial charge in [0.15, 0.2) is 5.76 Å². The van der Waals surface area contributed by atoms with Gasteiger partial charge in [0, 0.05) is 23.7 Å². The first-order valence-corrected chi connectivity index (χ1v) is 11.2. The van der Waals surface area contributed by atoms with Gasteiger partial charge in [0.05, 0.1) is 23.6 Å². The van der Waals surface area contributed by atoms with Crippen LogP contribution < -0.4 is 15.5 Å². The van der Waals surface area contributed by atoms with E-state index in [2.05, 4.69) is 22.8 Å². The molecule has 168 valence electrons. The van der Waals surface area contributed by atoms with Gasteiger partial charge in [-0.25, -0.2) is 0 Å². The summed E-state index contributed by atoms with van der Waals surface area (Å²) in [5.41, 5.74) is 4.21.